The lowest BCUT2D eigenvalue weighted by molar-refractivity contribution is -0.0931. The van der Waals surface area contributed by atoms with Gasteiger partial charge in [-0.05, 0) is 78.1 Å². The normalized spacial score (nSPS) is 19.4. The predicted molar refractivity (Wildman–Crippen MR) is 130 cm³/mol. The summed E-state index contributed by atoms with van der Waals surface area (Å²) in [5.74, 6) is -5.49. The number of amides is 1. The number of rotatable bonds is 4. The van der Waals surface area contributed by atoms with Crippen LogP contribution in [0, 0.1) is 12.7 Å². The van der Waals surface area contributed by atoms with Crippen molar-refractivity contribution in [1.82, 2.24) is 19.4 Å². The van der Waals surface area contributed by atoms with Crippen LogP contribution in [0.15, 0.2) is 34.9 Å². The number of aryl methyl sites for hydroxylation is 2. The first kappa shape index (κ1) is 24.7. The van der Waals surface area contributed by atoms with E-state index in [0.29, 0.717) is 12.1 Å². The molecule has 1 fully saturated rings. The fourth-order valence-corrected chi connectivity index (χ4v) is 5.44. The zero-order valence-corrected chi connectivity index (χ0v) is 21.5. The maximum atomic E-state index is 15.5. The number of pyridine rings is 1. The summed E-state index contributed by atoms with van der Waals surface area (Å²) >= 11 is 3.53. The number of benzene rings is 1. The van der Waals surface area contributed by atoms with Gasteiger partial charge in [0, 0.05) is 54.5 Å². The Kier molecular flexibility index (Phi) is 6.54. The molecule has 34 heavy (non-hydrogen) atoms. The second-order valence-corrected chi connectivity index (χ2v) is 10.1. The van der Waals surface area contributed by atoms with Gasteiger partial charge in [-0.25, -0.2) is 18.2 Å². The van der Waals surface area contributed by atoms with E-state index in [1.807, 2.05) is 30.7 Å². The Labute approximate surface area is 205 Å². The van der Waals surface area contributed by atoms with Crippen LogP contribution in [0.4, 0.5) is 13.2 Å². The van der Waals surface area contributed by atoms with Crippen LogP contribution in [0.25, 0.3) is 11.0 Å². The molecule has 2 unspecified atom stereocenters. The highest BCUT2D eigenvalue weighted by Gasteiger charge is 2.48. The van der Waals surface area contributed by atoms with Crippen molar-refractivity contribution in [3.63, 3.8) is 0 Å². The minimum atomic E-state index is -3.13. The van der Waals surface area contributed by atoms with Crippen LogP contribution in [-0.2, 0) is 7.05 Å². The number of aromatic nitrogens is 2. The van der Waals surface area contributed by atoms with Crippen molar-refractivity contribution >= 4 is 32.9 Å². The maximum Gasteiger partial charge on any atom is 0.267 e. The third-order valence-electron chi connectivity index (χ3n) is 6.86. The van der Waals surface area contributed by atoms with Crippen molar-refractivity contribution in [2.45, 2.75) is 38.2 Å². The molecule has 3 aromatic rings. The summed E-state index contributed by atoms with van der Waals surface area (Å²) in [6, 6.07) is 6.14. The molecule has 1 saturated heterocycles. The molecule has 1 aromatic carbocycles. The molecule has 0 saturated carbocycles. The minimum Gasteiger partial charge on any atom is -0.345 e. The number of alkyl halides is 2. The summed E-state index contributed by atoms with van der Waals surface area (Å²) < 4.78 is 48.9. The van der Waals surface area contributed by atoms with Gasteiger partial charge in [-0.1, -0.05) is 0 Å². The van der Waals surface area contributed by atoms with Crippen LogP contribution in [0.2, 0.25) is 0 Å². The first-order valence-corrected chi connectivity index (χ1v) is 11.9. The Balaban J connectivity index is 1.61. The van der Waals surface area contributed by atoms with E-state index in [1.54, 1.807) is 32.1 Å². The molecule has 2 aromatic heterocycles. The van der Waals surface area contributed by atoms with Crippen molar-refractivity contribution < 1.29 is 18.0 Å². The molecule has 0 N–H and O–H groups in total. The number of hydrogen-bond donors (Lipinski definition) is 0. The highest BCUT2D eigenvalue weighted by atomic mass is 79.9. The van der Waals surface area contributed by atoms with Crippen LogP contribution >= 0.6 is 15.9 Å². The summed E-state index contributed by atoms with van der Waals surface area (Å²) in [5, 5.41) is 0.929. The van der Waals surface area contributed by atoms with E-state index >= 15 is 13.2 Å². The molecule has 5 nitrogen and oxygen atoms in total. The Hall–Kier alpha value is -2.39. The molecule has 182 valence electrons. The van der Waals surface area contributed by atoms with Crippen LogP contribution in [0.3, 0.4) is 0 Å². The second-order valence-electron chi connectivity index (χ2n) is 9.30. The summed E-state index contributed by atoms with van der Waals surface area (Å²) in [6.07, 6.45) is 1.82. The highest BCUT2D eigenvalue weighted by molar-refractivity contribution is 9.10. The Bertz CT molecular complexity index is 1230. The third kappa shape index (κ3) is 4.24. The van der Waals surface area contributed by atoms with Crippen molar-refractivity contribution in [1.29, 1.82) is 0 Å². The van der Waals surface area contributed by atoms with E-state index in [-0.39, 0.29) is 29.5 Å². The Morgan fingerprint density at radius 2 is 2.00 bits per heavy atom. The van der Waals surface area contributed by atoms with Crippen molar-refractivity contribution in [3.05, 3.63) is 63.1 Å². The van der Waals surface area contributed by atoms with Gasteiger partial charge in [0.1, 0.15) is 11.5 Å². The lowest BCUT2D eigenvalue weighted by Crippen LogP contribution is -2.48. The molecular weight excluding hydrogens is 509 g/mol. The van der Waals surface area contributed by atoms with Gasteiger partial charge in [0.25, 0.3) is 11.8 Å². The van der Waals surface area contributed by atoms with Gasteiger partial charge in [0.15, 0.2) is 0 Å². The molecule has 0 radical (unpaired) electrons. The van der Waals surface area contributed by atoms with E-state index in [0.717, 1.165) is 27.3 Å². The van der Waals surface area contributed by atoms with Crippen LogP contribution < -0.4 is 0 Å². The third-order valence-corrected chi connectivity index (χ3v) is 7.55. The van der Waals surface area contributed by atoms with E-state index in [1.165, 1.54) is 11.0 Å². The lowest BCUT2D eigenvalue weighted by atomic mass is 9.82. The molecule has 0 aliphatic carbocycles. The number of likely N-dealkylation sites (tertiary alicyclic amines) is 1. The monoisotopic (exact) mass is 536 g/mol. The molecular formula is C25H28BrF3N4O. The predicted octanol–water partition coefficient (Wildman–Crippen LogP) is 5.67. The SMILES string of the molecule is Cc1cc(C(=O)N(C)C)cc(F)c1C1CCN(C(C)c2cc3c(Br)ccnc3n2C)CC1(F)F. The quantitative estimate of drug-likeness (QED) is 0.431. The topological polar surface area (TPSA) is 41.4 Å². The van der Waals surface area contributed by atoms with Gasteiger partial charge in [0.05, 0.1) is 12.5 Å². The second kappa shape index (κ2) is 9.00. The van der Waals surface area contributed by atoms with Crippen LogP contribution in [0.5, 0.6) is 0 Å². The molecule has 3 heterocycles. The molecule has 1 aliphatic heterocycles. The average Bonchev–Trinajstić information content (AvgIpc) is 3.10. The maximum absolute atomic E-state index is 15.5. The van der Waals surface area contributed by atoms with Gasteiger partial charge < -0.3 is 9.47 Å². The number of fused-ring (bicyclic) bond motifs is 1. The molecule has 4 rings (SSSR count). The molecule has 1 aliphatic rings. The Morgan fingerprint density at radius 1 is 1.29 bits per heavy atom. The fourth-order valence-electron chi connectivity index (χ4n) is 5.03. The number of halogens is 4. The van der Waals surface area contributed by atoms with E-state index < -0.39 is 24.2 Å². The first-order valence-electron chi connectivity index (χ1n) is 11.2. The lowest BCUT2D eigenvalue weighted by Gasteiger charge is -2.42. The Morgan fingerprint density at radius 3 is 2.59 bits per heavy atom. The average molecular weight is 537 g/mol. The number of nitrogens with zero attached hydrogens (tertiary/aromatic N) is 4. The zero-order chi connectivity index (χ0) is 24.9. The van der Waals surface area contributed by atoms with Gasteiger partial charge in [-0.2, -0.15) is 0 Å². The largest absolute Gasteiger partial charge is 0.345 e. The highest BCUT2D eigenvalue weighted by Crippen LogP contribution is 2.45. The minimum absolute atomic E-state index is 0.00495. The van der Waals surface area contributed by atoms with Crippen LogP contribution in [-0.4, -0.2) is 58.4 Å². The number of carbonyl (C=O) groups excluding carboxylic acids is 1. The van der Waals surface area contributed by atoms with Gasteiger partial charge in [-0.15, -0.1) is 0 Å². The number of carbonyl (C=O) groups is 1. The van der Waals surface area contributed by atoms with E-state index in [9.17, 15) is 4.79 Å². The first-order chi connectivity index (χ1) is 15.9. The molecule has 1 amide bonds. The molecule has 2 atom stereocenters. The summed E-state index contributed by atoms with van der Waals surface area (Å²) in [5.41, 5.74) is 2.21. The van der Waals surface area contributed by atoms with E-state index in [4.69, 9.17) is 0 Å². The van der Waals surface area contributed by atoms with Gasteiger partial charge in [0.2, 0.25) is 0 Å². The van der Waals surface area contributed by atoms with E-state index in [2.05, 4.69) is 20.9 Å². The summed E-state index contributed by atoms with van der Waals surface area (Å²) in [4.78, 5) is 19.7. The molecule has 0 bridgehead atoms. The molecule has 0 spiro atoms. The zero-order valence-electron chi connectivity index (χ0n) is 19.9. The summed E-state index contributed by atoms with van der Waals surface area (Å²) in [7, 11) is 5.02. The summed E-state index contributed by atoms with van der Waals surface area (Å²) in [6.45, 7) is 3.42. The standard InChI is InChI=1S/C25H28BrF3N4O/c1-14-10-16(24(34)31(3)4)11-20(27)22(14)18-7-9-33(13-25(18,28)29)15(2)21-12-17-19(26)6-8-30-23(17)32(21)5/h6,8,10-12,15,18H,7,9,13H2,1-5H3. The van der Waals surface area contributed by atoms with Crippen molar-refractivity contribution in [2.24, 2.45) is 7.05 Å². The smallest absolute Gasteiger partial charge is 0.267 e. The number of hydrogen-bond acceptors (Lipinski definition) is 3. The molecule has 9 heteroatoms. The number of piperidine rings is 1. The van der Waals surface area contributed by atoms with Gasteiger partial charge >= 0.3 is 0 Å². The van der Waals surface area contributed by atoms with Crippen molar-refractivity contribution in [2.75, 3.05) is 27.2 Å². The fraction of sp³-hybridized carbons (Fsp3) is 0.440. The van der Waals surface area contributed by atoms with Gasteiger partial charge in [-0.3, -0.25) is 9.69 Å². The van der Waals surface area contributed by atoms with Crippen molar-refractivity contribution in [3.8, 4) is 0 Å². The van der Waals surface area contributed by atoms with Crippen LogP contribution in [0.1, 0.15) is 52.5 Å².